The maximum Gasteiger partial charge on any atom is 0.342 e. The van der Waals surface area contributed by atoms with Crippen LogP contribution >= 0.6 is 0 Å². The summed E-state index contributed by atoms with van der Waals surface area (Å²) in [6.45, 7) is 0. The van der Waals surface area contributed by atoms with Gasteiger partial charge in [0.1, 0.15) is 10.5 Å². The molecule has 3 aromatic carbocycles. The van der Waals surface area contributed by atoms with E-state index in [1.807, 2.05) is 0 Å². The average molecular weight is 557 g/mol. The number of aryl methyl sites for hydroxylation is 1. The number of rotatable bonds is 5. The van der Waals surface area contributed by atoms with Crippen molar-refractivity contribution in [1.82, 2.24) is 4.57 Å². The summed E-state index contributed by atoms with van der Waals surface area (Å²) in [5.41, 5.74) is -1.21. The third kappa shape index (κ3) is 3.78. The van der Waals surface area contributed by atoms with E-state index in [1.54, 1.807) is 12.1 Å². The van der Waals surface area contributed by atoms with Gasteiger partial charge in [-0.15, -0.1) is 0 Å². The van der Waals surface area contributed by atoms with Crippen LogP contribution in [0.25, 0.3) is 22.0 Å². The molecule has 0 bridgehead atoms. The standard InChI is InChI=1S/C24H16N2O10S2/c1-26-16-9-8-15(25-14-7-6-11(37(31,32)33)10-17(14)38(34,35)36)19-20(16)18(21(23(26)28)24(29)30)12-4-2-3-5-13(12)22(19)27/h2-10,25H,1H3,(H,29,30)(H,31,32,33)(H,34,35,36). The molecule has 0 aliphatic heterocycles. The number of carbonyl (C=O) groups excluding carboxylic acids is 1. The zero-order valence-corrected chi connectivity index (χ0v) is 20.8. The van der Waals surface area contributed by atoms with Gasteiger partial charge in [-0.3, -0.25) is 18.7 Å². The Morgan fingerprint density at radius 2 is 1.47 bits per heavy atom. The molecule has 12 nitrogen and oxygen atoms in total. The van der Waals surface area contributed by atoms with Crippen molar-refractivity contribution < 1.29 is 40.6 Å². The smallest absolute Gasteiger partial charge is 0.342 e. The van der Waals surface area contributed by atoms with Gasteiger partial charge in [-0.05, 0) is 35.9 Å². The molecule has 0 fully saturated rings. The minimum Gasteiger partial charge on any atom is -0.477 e. The fourth-order valence-corrected chi connectivity index (χ4v) is 5.85. The lowest BCUT2D eigenvalue weighted by molar-refractivity contribution is 0.0695. The van der Waals surface area contributed by atoms with Gasteiger partial charge < -0.3 is 15.0 Å². The summed E-state index contributed by atoms with van der Waals surface area (Å²) in [5, 5.41) is 12.7. The van der Waals surface area contributed by atoms with E-state index < -0.39 is 52.9 Å². The van der Waals surface area contributed by atoms with Crippen LogP contribution in [0.5, 0.6) is 0 Å². The summed E-state index contributed by atoms with van der Waals surface area (Å²) in [7, 11) is -8.51. The lowest BCUT2D eigenvalue weighted by atomic mass is 9.81. The van der Waals surface area contributed by atoms with Gasteiger partial charge in [-0.2, -0.15) is 16.8 Å². The maximum absolute atomic E-state index is 13.7. The molecule has 4 N–H and O–H groups in total. The second-order valence-corrected chi connectivity index (χ2v) is 11.2. The van der Waals surface area contributed by atoms with Crippen LogP contribution in [0.15, 0.2) is 69.2 Å². The first kappa shape index (κ1) is 25.3. The number of aromatic nitrogens is 1. The number of aromatic carboxylic acids is 1. The van der Waals surface area contributed by atoms with Crippen LogP contribution in [-0.2, 0) is 27.3 Å². The fraction of sp³-hybridized carbons (Fsp3) is 0.0417. The molecule has 14 heteroatoms. The van der Waals surface area contributed by atoms with Crippen molar-refractivity contribution in [3.05, 3.63) is 81.6 Å². The van der Waals surface area contributed by atoms with E-state index in [0.717, 1.165) is 16.7 Å². The van der Waals surface area contributed by atoms with Gasteiger partial charge in [0, 0.05) is 23.6 Å². The van der Waals surface area contributed by atoms with Crippen LogP contribution in [0, 0.1) is 0 Å². The first-order valence-electron chi connectivity index (χ1n) is 10.6. The zero-order chi connectivity index (χ0) is 27.7. The normalized spacial score (nSPS) is 12.9. The largest absolute Gasteiger partial charge is 0.477 e. The van der Waals surface area contributed by atoms with E-state index in [0.29, 0.717) is 6.07 Å². The molecule has 0 spiro atoms. The number of pyridine rings is 1. The second-order valence-electron chi connectivity index (χ2n) is 8.41. The molecule has 0 radical (unpaired) electrons. The van der Waals surface area contributed by atoms with E-state index in [9.17, 15) is 45.4 Å². The molecule has 0 amide bonds. The molecule has 0 saturated heterocycles. The molecule has 194 valence electrons. The van der Waals surface area contributed by atoms with Gasteiger partial charge in [-0.25, -0.2) is 4.79 Å². The number of carboxylic acids is 1. The quantitative estimate of drug-likeness (QED) is 0.232. The molecular weight excluding hydrogens is 540 g/mol. The van der Waals surface area contributed by atoms with Gasteiger partial charge in [0.25, 0.3) is 25.8 Å². The summed E-state index contributed by atoms with van der Waals surface area (Å²) in [4.78, 5) is 37.2. The Morgan fingerprint density at radius 3 is 2.08 bits per heavy atom. The highest BCUT2D eigenvalue weighted by atomic mass is 32.2. The summed E-state index contributed by atoms with van der Waals surface area (Å²) < 4.78 is 67.3. The predicted molar refractivity (Wildman–Crippen MR) is 134 cm³/mol. The van der Waals surface area contributed by atoms with Crippen LogP contribution < -0.4 is 10.9 Å². The Balaban J connectivity index is 1.88. The lowest BCUT2D eigenvalue weighted by Gasteiger charge is -2.25. The van der Waals surface area contributed by atoms with Gasteiger partial charge in [0.05, 0.1) is 27.4 Å². The lowest BCUT2D eigenvalue weighted by Crippen LogP contribution is -2.28. The molecule has 0 saturated carbocycles. The number of anilines is 2. The Hall–Kier alpha value is -4.37. The van der Waals surface area contributed by atoms with Crippen molar-refractivity contribution in [1.29, 1.82) is 0 Å². The van der Waals surface area contributed by atoms with E-state index in [4.69, 9.17) is 0 Å². The van der Waals surface area contributed by atoms with Crippen LogP contribution in [0.3, 0.4) is 0 Å². The first-order chi connectivity index (χ1) is 17.7. The number of nitrogens with zero attached hydrogens (tertiary/aromatic N) is 1. The molecule has 1 aliphatic carbocycles. The molecule has 1 aliphatic rings. The van der Waals surface area contributed by atoms with Crippen LogP contribution in [0.4, 0.5) is 11.4 Å². The third-order valence-electron chi connectivity index (χ3n) is 6.24. The van der Waals surface area contributed by atoms with Crippen molar-refractivity contribution in [3.8, 4) is 11.1 Å². The third-order valence-corrected chi connectivity index (χ3v) is 7.99. The monoisotopic (exact) mass is 556 g/mol. The summed E-state index contributed by atoms with van der Waals surface area (Å²) in [6, 6.07) is 11.3. The number of nitrogens with one attached hydrogen (secondary N) is 1. The molecule has 5 rings (SSSR count). The van der Waals surface area contributed by atoms with E-state index in [-0.39, 0.29) is 44.5 Å². The zero-order valence-electron chi connectivity index (χ0n) is 19.2. The number of hydrogen-bond donors (Lipinski definition) is 4. The number of carboxylic acid groups (broad SMARTS) is 1. The number of carbonyl (C=O) groups is 2. The van der Waals surface area contributed by atoms with Gasteiger partial charge in [0.15, 0.2) is 5.78 Å². The fourth-order valence-electron chi connectivity index (χ4n) is 4.60. The van der Waals surface area contributed by atoms with E-state index >= 15 is 0 Å². The van der Waals surface area contributed by atoms with Gasteiger partial charge >= 0.3 is 5.97 Å². The number of hydrogen-bond acceptors (Lipinski definition) is 8. The topological polar surface area (TPSA) is 197 Å². The first-order valence-corrected chi connectivity index (χ1v) is 13.5. The number of benzene rings is 3. The Labute approximate surface area is 214 Å². The van der Waals surface area contributed by atoms with Crippen molar-refractivity contribution in [2.75, 3.05) is 5.32 Å². The minimum absolute atomic E-state index is 0.0150. The van der Waals surface area contributed by atoms with Gasteiger partial charge in [-0.1, -0.05) is 24.3 Å². The predicted octanol–water partition coefficient (Wildman–Crippen LogP) is 2.69. The molecule has 4 aromatic rings. The SMILES string of the molecule is Cn1c(=O)c(C(=O)O)c2c3c(c(Nc4ccc(S(=O)(=O)O)cc4S(=O)(=O)O)ccc31)C(=O)c1ccccc1-2. The molecular formula is C24H16N2O10S2. The molecule has 38 heavy (non-hydrogen) atoms. The maximum atomic E-state index is 13.7. The Bertz CT molecular complexity index is 2030. The minimum atomic E-state index is -5.03. The van der Waals surface area contributed by atoms with Crippen LogP contribution in [0.1, 0.15) is 26.3 Å². The Kier molecular flexibility index (Phi) is 5.54. The Morgan fingerprint density at radius 1 is 0.842 bits per heavy atom. The molecule has 1 heterocycles. The number of ketones is 1. The van der Waals surface area contributed by atoms with Gasteiger partial charge in [0.2, 0.25) is 0 Å². The van der Waals surface area contributed by atoms with Crippen LogP contribution in [0.2, 0.25) is 0 Å². The highest BCUT2D eigenvalue weighted by Gasteiger charge is 2.34. The summed E-state index contributed by atoms with van der Waals surface area (Å²) >= 11 is 0. The van der Waals surface area contributed by atoms with E-state index in [1.165, 1.54) is 31.3 Å². The summed E-state index contributed by atoms with van der Waals surface area (Å²) in [6.07, 6.45) is 0. The average Bonchev–Trinajstić information content (AvgIpc) is 2.83. The molecule has 1 aromatic heterocycles. The highest BCUT2D eigenvalue weighted by molar-refractivity contribution is 7.86. The van der Waals surface area contributed by atoms with Crippen molar-refractivity contribution in [3.63, 3.8) is 0 Å². The van der Waals surface area contributed by atoms with Crippen molar-refractivity contribution in [2.24, 2.45) is 7.05 Å². The summed E-state index contributed by atoms with van der Waals surface area (Å²) in [5.74, 6) is -2.07. The van der Waals surface area contributed by atoms with E-state index in [2.05, 4.69) is 5.32 Å². The van der Waals surface area contributed by atoms with Crippen molar-refractivity contribution in [2.45, 2.75) is 9.79 Å². The second kappa shape index (κ2) is 8.32. The van der Waals surface area contributed by atoms with Crippen LogP contribution in [-0.4, -0.2) is 47.4 Å². The number of fused-ring (bicyclic) bond motifs is 2. The van der Waals surface area contributed by atoms with Crippen molar-refractivity contribution >= 4 is 54.3 Å². The molecule has 0 unspecified atom stereocenters. The molecule has 0 atom stereocenters. The highest BCUT2D eigenvalue weighted by Crippen LogP contribution is 2.44.